The lowest BCUT2D eigenvalue weighted by atomic mass is 10.2. The van der Waals surface area contributed by atoms with Crippen molar-refractivity contribution in [1.82, 2.24) is 19.7 Å². The number of hydrogen-bond donors (Lipinski definition) is 0. The fourth-order valence-corrected chi connectivity index (χ4v) is 4.30. The van der Waals surface area contributed by atoms with Crippen LogP contribution in [0.3, 0.4) is 0 Å². The van der Waals surface area contributed by atoms with Gasteiger partial charge in [-0.25, -0.2) is 4.98 Å². The maximum Gasteiger partial charge on any atom is 0.266 e. The molecule has 2 aromatic carbocycles. The Morgan fingerprint density at radius 2 is 2.00 bits per heavy atom. The quantitative estimate of drug-likeness (QED) is 0.301. The summed E-state index contributed by atoms with van der Waals surface area (Å²) >= 11 is 1.40. The lowest BCUT2D eigenvalue weighted by Crippen LogP contribution is -2.22. The molecular formula is C23H24N4O3S. The molecule has 0 saturated heterocycles. The summed E-state index contributed by atoms with van der Waals surface area (Å²) in [5.41, 5.74) is 2.15. The van der Waals surface area contributed by atoms with Crippen LogP contribution in [-0.2, 0) is 6.42 Å². The normalized spacial score (nSPS) is 12.3. The summed E-state index contributed by atoms with van der Waals surface area (Å²) in [6.07, 6.45) is 1.71. The second kappa shape index (κ2) is 8.93. The van der Waals surface area contributed by atoms with E-state index in [4.69, 9.17) is 14.2 Å². The highest BCUT2D eigenvalue weighted by Crippen LogP contribution is 2.35. The SMILES string of the molecule is CCCc1noc(C(C)Sc2nc3ccccc3c(=O)n2-c2cc(C)ccc2OC)n1. The molecule has 7 nitrogen and oxygen atoms in total. The van der Waals surface area contributed by atoms with Crippen molar-refractivity contribution in [2.45, 2.75) is 44.0 Å². The topological polar surface area (TPSA) is 83.0 Å². The van der Waals surface area contributed by atoms with Gasteiger partial charge in [-0.2, -0.15) is 4.98 Å². The summed E-state index contributed by atoms with van der Waals surface area (Å²) in [5, 5.41) is 4.95. The van der Waals surface area contributed by atoms with Crippen LogP contribution in [0.1, 0.15) is 42.8 Å². The Bertz CT molecular complexity index is 1280. The van der Waals surface area contributed by atoms with Gasteiger partial charge in [0.1, 0.15) is 5.75 Å². The van der Waals surface area contributed by atoms with Gasteiger partial charge in [-0.05, 0) is 50.1 Å². The van der Waals surface area contributed by atoms with Gasteiger partial charge in [-0.15, -0.1) is 0 Å². The molecule has 0 fully saturated rings. The number of benzene rings is 2. The van der Waals surface area contributed by atoms with Crippen molar-refractivity contribution in [2.24, 2.45) is 0 Å². The van der Waals surface area contributed by atoms with E-state index in [1.807, 2.05) is 50.2 Å². The minimum atomic E-state index is -0.187. The molecule has 0 saturated carbocycles. The predicted octanol–water partition coefficient (Wildman–Crippen LogP) is 4.89. The zero-order valence-electron chi connectivity index (χ0n) is 18.0. The average Bonchev–Trinajstić information content (AvgIpc) is 3.23. The molecule has 1 atom stereocenters. The average molecular weight is 437 g/mol. The van der Waals surface area contributed by atoms with Crippen molar-refractivity contribution in [3.8, 4) is 11.4 Å². The Morgan fingerprint density at radius 1 is 1.19 bits per heavy atom. The third kappa shape index (κ3) is 4.20. The summed E-state index contributed by atoms with van der Waals surface area (Å²) in [4.78, 5) is 22.8. The molecule has 2 aromatic heterocycles. The second-order valence-corrected chi connectivity index (χ2v) is 8.59. The summed E-state index contributed by atoms with van der Waals surface area (Å²) in [6, 6.07) is 13.1. The van der Waals surface area contributed by atoms with E-state index < -0.39 is 0 Å². The van der Waals surface area contributed by atoms with E-state index in [-0.39, 0.29) is 10.8 Å². The monoisotopic (exact) mass is 436 g/mol. The Hall–Kier alpha value is -3.13. The van der Waals surface area contributed by atoms with Crippen molar-refractivity contribution in [3.63, 3.8) is 0 Å². The number of nitrogens with zero attached hydrogens (tertiary/aromatic N) is 4. The van der Waals surface area contributed by atoms with Crippen LogP contribution in [0, 0.1) is 6.92 Å². The van der Waals surface area contributed by atoms with Crippen LogP contribution in [0.2, 0.25) is 0 Å². The van der Waals surface area contributed by atoms with Gasteiger partial charge < -0.3 is 9.26 Å². The molecule has 4 aromatic rings. The smallest absolute Gasteiger partial charge is 0.266 e. The number of aryl methyl sites for hydroxylation is 2. The lowest BCUT2D eigenvalue weighted by molar-refractivity contribution is 0.374. The lowest BCUT2D eigenvalue weighted by Gasteiger charge is -2.17. The summed E-state index contributed by atoms with van der Waals surface area (Å²) in [6.45, 7) is 6.01. The van der Waals surface area contributed by atoms with Crippen LogP contribution in [0.15, 0.2) is 56.9 Å². The number of thioether (sulfide) groups is 1. The fourth-order valence-electron chi connectivity index (χ4n) is 3.34. The van der Waals surface area contributed by atoms with Gasteiger partial charge in [0.2, 0.25) is 5.89 Å². The molecule has 0 aliphatic rings. The van der Waals surface area contributed by atoms with Crippen LogP contribution < -0.4 is 10.3 Å². The first-order valence-corrected chi connectivity index (χ1v) is 11.1. The number of rotatable bonds is 7. The van der Waals surface area contributed by atoms with E-state index in [0.29, 0.717) is 39.2 Å². The first kappa shape index (κ1) is 21.1. The van der Waals surface area contributed by atoms with Gasteiger partial charge in [0.25, 0.3) is 5.56 Å². The van der Waals surface area contributed by atoms with Crippen molar-refractivity contribution in [2.75, 3.05) is 7.11 Å². The van der Waals surface area contributed by atoms with Crippen molar-refractivity contribution < 1.29 is 9.26 Å². The first-order chi connectivity index (χ1) is 15.0. The van der Waals surface area contributed by atoms with Crippen molar-refractivity contribution in [3.05, 3.63) is 70.1 Å². The minimum Gasteiger partial charge on any atom is -0.495 e. The molecular weight excluding hydrogens is 412 g/mol. The molecule has 0 aliphatic carbocycles. The molecule has 0 spiro atoms. The summed E-state index contributed by atoms with van der Waals surface area (Å²) < 4.78 is 12.6. The summed E-state index contributed by atoms with van der Waals surface area (Å²) in [5.74, 6) is 1.80. The van der Waals surface area contributed by atoms with Gasteiger partial charge >= 0.3 is 0 Å². The number of para-hydroxylation sites is 1. The van der Waals surface area contributed by atoms with Gasteiger partial charge in [0.15, 0.2) is 11.0 Å². The predicted molar refractivity (Wildman–Crippen MR) is 121 cm³/mol. The maximum atomic E-state index is 13.5. The van der Waals surface area contributed by atoms with E-state index in [1.54, 1.807) is 17.7 Å². The molecule has 0 radical (unpaired) electrons. The van der Waals surface area contributed by atoms with E-state index >= 15 is 0 Å². The summed E-state index contributed by atoms with van der Waals surface area (Å²) in [7, 11) is 1.59. The molecule has 0 bridgehead atoms. The first-order valence-electron chi connectivity index (χ1n) is 10.2. The van der Waals surface area contributed by atoms with Crippen LogP contribution in [0.4, 0.5) is 0 Å². The van der Waals surface area contributed by atoms with E-state index in [1.165, 1.54) is 11.8 Å². The van der Waals surface area contributed by atoms with Gasteiger partial charge in [-0.3, -0.25) is 9.36 Å². The molecule has 2 heterocycles. The minimum absolute atomic E-state index is 0.151. The Labute approximate surface area is 184 Å². The Balaban J connectivity index is 1.87. The van der Waals surface area contributed by atoms with E-state index in [9.17, 15) is 4.79 Å². The highest BCUT2D eigenvalue weighted by Gasteiger charge is 2.22. The third-order valence-electron chi connectivity index (χ3n) is 4.91. The molecule has 31 heavy (non-hydrogen) atoms. The molecule has 0 amide bonds. The number of hydrogen-bond acceptors (Lipinski definition) is 7. The molecule has 0 N–H and O–H groups in total. The number of methoxy groups -OCH3 is 1. The van der Waals surface area contributed by atoms with Gasteiger partial charge in [0.05, 0.1) is 29.0 Å². The molecule has 8 heteroatoms. The van der Waals surface area contributed by atoms with Gasteiger partial charge in [0, 0.05) is 6.42 Å². The fraction of sp³-hybridized carbons (Fsp3) is 0.304. The van der Waals surface area contributed by atoms with Crippen molar-refractivity contribution >= 4 is 22.7 Å². The van der Waals surface area contributed by atoms with Gasteiger partial charge in [-0.1, -0.05) is 42.0 Å². The van der Waals surface area contributed by atoms with Crippen LogP contribution in [-0.4, -0.2) is 26.8 Å². The standard InChI is InChI=1S/C23H24N4O3S/c1-5-8-20-25-21(30-26-20)15(3)31-23-24-17-10-7-6-9-16(17)22(28)27(23)18-13-14(2)11-12-19(18)29-4/h6-7,9-13,15H,5,8H2,1-4H3. The highest BCUT2D eigenvalue weighted by atomic mass is 32.2. The number of aromatic nitrogens is 4. The zero-order chi connectivity index (χ0) is 22.0. The Kier molecular flexibility index (Phi) is 6.08. The van der Waals surface area contributed by atoms with Crippen LogP contribution >= 0.6 is 11.8 Å². The van der Waals surface area contributed by atoms with E-state index in [2.05, 4.69) is 17.1 Å². The maximum absolute atomic E-state index is 13.5. The Morgan fingerprint density at radius 3 is 2.77 bits per heavy atom. The highest BCUT2D eigenvalue weighted by molar-refractivity contribution is 7.99. The van der Waals surface area contributed by atoms with Crippen LogP contribution in [0.5, 0.6) is 5.75 Å². The molecule has 0 aliphatic heterocycles. The third-order valence-corrected chi connectivity index (χ3v) is 5.95. The zero-order valence-corrected chi connectivity index (χ0v) is 18.8. The van der Waals surface area contributed by atoms with Crippen LogP contribution in [0.25, 0.3) is 16.6 Å². The second-order valence-electron chi connectivity index (χ2n) is 7.29. The number of ether oxygens (including phenoxy) is 1. The molecule has 160 valence electrons. The largest absolute Gasteiger partial charge is 0.495 e. The number of fused-ring (bicyclic) bond motifs is 1. The van der Waals surface area contributed by atoms with Crippen molar-refractivity contribution in [1.29, 1.82) is 0 Å². The van der Waals surface area contributed by atoms with E-state index in [0.717, 1.165) is 18.4 Å². The molecule has 4 rings (SSSR count). The molecule has 1 unspecified atom stereocenters.